The number of nitrogens with zero attached hydrogens (tertiary/aromatic N) is 2. The molecule has 0 saturated carbocycles. The molecule has 0 aliphatic rings. The summed E-state index contributed by atoms with van der Waals surface area (Å²) >= 11 is 0. The van der Waals surface area contributed by atoms with Gasteiger partial charge in [-0.25, -0.2) is 13.9 Å². The third-order valence-electron chi connectivity index (χ3n) is 4.68. The molecule has 1 radical (unpaired) electrons. The molecule has 1 aromatic heterocycles. The summed E-state index contributed by atoms with van der Waals surface area (Å²) < 4.78 is 27.3. The van der Waals surface area contributed by atoms with Crippen LogP contribution in [0.3, 0.4) is 0 Å². The third-order valence-corrected chi connectivity index (χ3v) is 6.51. The van der Waals surface area contributed by atoms with Crippen LogP contribution < -0.4 is 5.48 Å². The summed E-state index contributed by atoms with van der Waals surface area (Å²) in [4.78, 5) is 27.2. The summed E-state index contributed by atoms with van der Waals surface area (Å²) in [7, 11) is -4.33. The number of aromatic nitrogens is 1. The fraction of sp³-hybridized carbons (Fsp3) is 0.125. The lowest BCUT2D eigenvalue weighted by atomic mass is 10.1. The van der Waals surface area contributed by atoms with E-state index in [0.29, 0.717) is 15.4 Å². The molecule has 0 aliphatic carbocycles. The van der Waals surface area contributed by atoms with Crippen LogP contribution in [0.1, 0.15) is 22.3 Å². The molecule has 2 N–H and O–H groups in total. The van der Waals surface area contributed by atoms with E-state index in [9.17, 15) is 18.0 Å². The monoisotopic (exact) mass is 462 g/mol. The van der Waals surface area contributed by atoms with E-state index in [1.807, 2.05) is 31.2 Å². The molecule has 9 heteroatoms. The Balaban J connectivity index is 1.92. The lowest BCUT2D eigenvalue weighted by molar-refractivity contribution is -0.131. The van der Waals surface area contributed by atoms with Gasteiger partial charge in [-0.05, 0) is 55.0 Å². The van der Waals surface area contributed by atoms with Gasteiger partial charge in [-0.15, -0.1) is 0 Å². The average Bonchev–Trinajstić information content (AvgIpc) is 2.84. The highest BCUT2D eigenvalue weighted by Crippen LogP contribution is 2.21. The summed E-state index contributed by atoms with van der Waals surface area (Å²) in [6.07, 6.45) is 4.29. The Morgan fingerprint density at radius 2 is 1.67 bits per heavy atom. The highest BCUT2D eigenvalue weighted by Gasteiger charge is 2.36. The Hall–Kier alpha value is -3.84. The van der Waals surface area contributed by atoms with Crippen LogP contribution in [0.25, 0.3) is 0 Å². The number of hydrogen-bond acceptors (Lipinski definition) is 6. The average molecular weight is 463 g/mol. The first-order chi connectivity index (χ1) is 15.8. The molecule has 0 spiro atoms. The molecule has 0 saturated heterocycles. The Kier molecular flexibility index (Phi) is 7.69. The lowest BCUT2D eigenvalue weighted by Crippen LogP contribution is -2.49. The van der Waals surface area contributed by atoms with E-state index in [1.165, 1.54) is 48.4 Å². The molecule has 0 unspecified atom stereocenters. The van der Waals surface area contributed by atoms with Crippen LogP contribution in [0.2, 0.25) is 0 Å². The first-order valence-corrected chi connectivity index (χ1v) is 11.2. The van der Waals surface area contributed by atoms with E-state index in [1.54, 1.807) is 12.1 Å². The molecular weight excluding hydrogens is 442 g/mol. The summed E-state index contributed by atoms with van der Waals surface area (Å²) in [6, 6.07) is 14.7. The predicted molar refractivity (Wildman–Crippen MR) is 120 cm³/mol. The van der Waals surface area contributed by atoms with Gasteiger partial charge in [-0.3, -0.25) is 19.8 Å². The molecular formula is C24H20N3O5S. The second-order valence-corrected chi connectivity index (χ2v) is 8.94. The van der Waals surface area contributed by atoms with Gasteiger partial charge >= 0.3 is 0 Å². The van der Waals surface area contributed by atoms with Gasteiger partial charge in [0.25, 0.3) is 5.91 Å². The third kappa shape index (κ3) is 5.90. The second kappa shape index (κ2) is 10.7. The molecule has 1 atom stereocenters. The van der Waals surface area contributed by atoms with E-state index >= 15 is 0 Å². The van der Waals surface area contributed by atoms with Crippen molar-refractivity contribution in [3.8, 4) is 11.8 Å². The zero-order valence-electron chi connectivity index (χ0n) is 17.6. The Morgan fingerprint density at radius 3 is 2.18 bits per heavy atom. The maximum Gasteiger partial charge on any atom is 0.269 e. The smallest absolute Gasteiger partial charge is 0.269 e. The van der Waals surface area contributed by atoms with Crippen molar-refractivity contribution in [3.63, 3.8) is 0 Å². The van der Waals surface area contributed by atoms with E-state index in [-0.39, 0.29) is 11.4 Å². The number of carbonyl (C=O) groups is 1. The Bertz CT molecular complexity index is 1280. The quantitative estimate of drug-likeness (QED) is 0.240. The maximum atomic E-state index is 13.3. The van der Waals surface area contributed by atoms with Crippen molar-refractivity contribution in [3.05, 3.63) is 95.3 Å². The van der Waals surface area contributed by atoms with E-state index in [0.717, 1.165) is 11.1 Å². The standard InChI is InChI=1S/C24H20N3O5S/c1-18-4-6-19(7-5-18)8-9-20-10-12-22(13-11-20)33(31,32)27(23(17-28)24(29)26-30)16-21-3-2-14-25-15-21/h2-7,10-15,23,30H,16H2,1H3,(H,26,29)/t23-/m0/s1. The van der Waals surface area contributed by atoms with Crippen LogP contribution in [0.5, 0.6) is 0 Å². The largest absolute Gasteiger partial charge is 0.289 e. The Morgan fingerprint density at radius 1 is 1.06 bits per heavy atom. The minimum absolute atomic E-state index is 0.154. The molecule has 8 nitrogen and oxygen atoms in total. The van der Waals surface area contributed by atoms with Crippen molar-refractivity contribution in [2.45, 2.75) is 24.4 Å². The number of benzene rings is 2. The SMILES string of the molecule is Cc1ccc(C#Cc2ccc(S(=O)(=O)N(Cc3cccnc3)[C@@H]([C]=O)C(=O)NO)cc2)cc1. The topological polar surface area (TPSA) is 117 Å². The zero-order chi connectivity index (χ0) is 23.8. The summed E-state index contributed by atoms with van der Waals surface area (Å²) in [5.74, 6) is 4.74. The van der Waals surface area contributed by atoms with Crippen molar-refractivity contribution in [1.82, 2.24) is 14.8 Å². The molecule has 33 heavy (non-hydrogen) atoms. The predicted octanol–water partition coefficient (Wildman–Crippen LogP) is 1.96. The van der Waals surface area contributed by atoms with Crippen LogP contribution in [0, 0.1) is 18.8 Å². The minimum atomic E-state index is -4.33. The van der Waals surface area contributed by atoms with Crippen LogP contribution in [-0.4, -0.2) is 41.1 Å². The van der Waals surface area contributed by atoms with E-state index < -0.39 is 22.0 Å². The molecule has 2 aromatic carbocycles. The van der Waals surface area contributed by atoms with Crippen molar-refractivity contribution in [1.29, 1.82) is 0 Å². The molecule has 1 amide bonds. The number of amides is 1. The van der Waals surface area contributed by atoms with Crippen molar-refractivity contribution >= 4 is 22.2 Å². The van der Waals surface area contributed by atoms with Crippen LogP contribution in [0.15, 0.2) is 78.0 Å². The molecule has 3 aromatic rings. The molecule has 0 aliphatic heterocycles. The van der Waals surface area contributed by atoms with Gasteiger partial charge in [0.2, 0.25) is 16.3 Å². The van der Waals surface area contributed by atoms with Crippen molar-refractivity contribution < 1.29 is 23.2 Å². The molecule has 3 rings (SSSR count). The van der Waals surface area contributed by atoms with Gasteiger partial charge in [0.05, 0.1) is 4.90 Å². The highest BCUT2D eigenvalue weighted by atomic mass is 32.2. The van der Waals surface area contributed by atoms with Crippen molar-refractivity contribution in [2.75, 3.05) is 0 Å². The first kappa shape index (κ1) is 23.8. The fourth-order valence-electron chi connectivity index (χ4n) is 2.92. The zero-order valence-corrected chi connectivity index (χ0v) is 18.4. The second-order valence-electron chi connectivity index (χ2n) is 7.05. The van der Waals surface area contributed by atoms with Gasteiger partial charge in [0, 0.05) is 30.1 Å². The van der Waals surface area contributed by atoms with Gasteiger partial charge < -0.3 is 0 Å². The summed E-state index contributed by atoms with van der Waals surface area (Å²) in [6.45, 7) is 1.64. The summed E-state index contributed by atoms with van der Waals surface area (Å²) in [5, 5.41) is 8.96. The number of pyridine rings is 1. The number of rotatable bonds is 7. The number of carbonyl (C=O) groups excluding carboxylic acids is 2. The Labute approximate surface area is 191 Å². The number of aryl methyl sites for hydroxylation is 1. The van der Waals surface area contributed by atoms with Gasteiger partial charge in [0.15, 0.2) is 6.04 Å². The molecule has 0 bridgehead atoms. The number of nitrogens with one attached hydrogen (secondary N) is 1. The number of hydrogen-bond donors (Lipinski definition) is 2. The van der Waals surface area contributed by atoms with Gasteiger partial charge in [-0.2, -0.15) is 4.31 Å². The number of sulfonamides is 1. The van der Waals surface area contributed by atoms with Crippen LogP contribution in [-0.2, 0) is 26.2 Å². The highest BCUT2D eigenvalue weighted by molar-refractivity contribution is 7.89. The summed E-state index contributed by atoms with van der Waals surface area (Å²) in [5.41, 5.74) is 4.27. The van der Waals surface area contributed by atoms with E-state index in [2.05, 4.69) is 16.8 Å². The van der Waals surface area contributed by atoms with Gasteiger partial charge in [-0.1, -0.05) is 35.6 Å². The first-order valence-electron chi connectivity index (χ1n) is 9.76. The van der Waals surface area contributed by atoms with Crippen LogP contribution in [0.4, 0.5) is 0 Å². The molecule has 1 heterocycles. The van der Waals surface area contributed by atoms with E-state index in [4.69, 9.17) is 5.21 Å². The molecule has 0 fully saturated rings. The molecule has 167 valence electrons. The lowest BCUT2D eigenvalue weighted by Gasteiger charge is -2.25. The normalized spacial score (nSPS) is 11.8. The number of hydroxylamine groups is 1. The minimum Gasteiger partial charge on any atom is -0.289 e. The maximum absolute atomic E-state index is 13.3. The van der Waals surface area contributed by atoms with Crippen LogP contribution >= 0.6 is 0 Å². The fourth-order valence-corrected chi connectivity index (χ4v) is 4.40. The van der Waals surface area contributed by atoms with Gasteiger partial charge in [0.1, 0.15) is 0 Å². The van der Waals surface area contributed by atoms with Crippen molar-refractivity contribution in [2.24, 2.45) is 0 Å².